The molecule has 1 aliphatic carbocycles. The van der Waals surface area contributed by atoms with Crippen molar-refractivity contribution in [3.63, 3.8) is 0 Å². The fourth-order valence-electron chi connectivity index (χ4n) is 4.38. The molecule has 32 heavy (non-hydrogen) atoms. The fraction of sp³-hybridized carbons (Fsp3) is 0.692. The quantitative estimate of drug-likeness (QED) is 0.571. The van der Waals surface area contributed by atoms with E-state index in [0.29, 0.717) is 12.8 Å². The molecule has 4 atom stereocenters. The second-order valence-corrected chi connectivity index (χ2v) is 11.1. The number of nitrogens with one attached hydrogen (secondary N) is 2. The summed E-state index contributed by atoms with van der Waals surface area (Å²) in [4.78, 5) is 25.4. The van der Waals surface area contributed by atoms with E-state index in [4.69, 9.17) is 4.74 Å². The number of carbonyl (C=O) groups is 2. The Bertz CT molecular complexity index is 736. The summed E-state index contributed by atoms with van der Waals surface area (Å²) in [5.74, 6) is 0.0328. The number of alkyl carbamates (subject to hydrolysis) is 1. The van der Waals surface area contributed by atoms with Gasteiger partial charge in [-0.3, -0.25) is 4.79 Å². The number of aliphatic hydroxyl groups is 1. The highest BCUT2D eigenvalue weighted by Crippen LogP contribution is 2.34. The van der Waals surface area contributed by atoms with Gasteiger partial charge < -0.3 is 20.5 Å². The zero-order valence-electron chi connectivity index (χ0n) is 20.6. The van der Waals surface area contributed by atoms with E-state index in [0.717, 1.165) is 31.2 Å². The zero-order chi connectivity index (χ0) is 23.9. The third-order valence-electron chi connectivity index (χ3n) is 5.75. The van der Waals surface area contributed by atoms with Gasteiger partial charge in [0.25, 0.3) is 0 Å². The van der Waals surface area contributed by atoms with Gasteiger partial charge in [-0.25, -0.2) is 4.79 Å². The number of ether oxygens (including phenoxy) is 1. The van der Waals surface area contributed by atoms with Crippen LogP contribution >= 0.6 is 0 Å². The Hall–Kier alpha value is -2.08. The normalized spacial score (nSPS) is 21.3. The van der Waals surface area contributed by atoms with Crippen LogP contribution in [0, 0.1) is 11.8 Å². The lowest BCUT2D eigenvalue weighted by atomic mass is 9.74. The maximum atomic E-state index is 12.9. The van der Waals surface area contributed by atoms with Gasteiger partial charge in [-0.15, -0.1) is 0 Å². The molecule has 0 spiro atoms. The van der Waals surface area contributed by atoms with Crippen molar-refractivity contribution in [1.82, 2.24) is 10.6 Å². The molecule has 1 saturated carbocycles. The molecular weight excluding hydrogens is 404 g/mol. The number of aliphatic hydroxyl groups excluding tert-OH is 1. The molecule has 1 fully saturated rings. The largest absolute Gasteiger partial charge is 0.444 e. The number of hydrogen-bond acceptors (Lipinski definition) is 4. The van der Waals surface area contributed by atoms with E-state index in [1.165, 1.54) is 0 Å². The summed E-state index contributed by atoms with van der Waals surface area (Å²) in [6, 6.07) is 9.30. The number of rotatable bonds is 7. The molecule has 0 aromatic heterocycles. The summed E-state index contributed by atoms with van der Waals surface area (Å²) in [7, 11) is 0. The number of benzene rings is 1. The molecule has 1 aromatic rings. The predicted molar refractivity (Wildman–Crippen MR) is 127 cm³/mol. The first-order chi connectivity index (χ1) is 14.8. The first kappa shape index (κ1) is 26.2. The Morgan fingerprint density at radius 3 is 2.28 bits per heavy atom. The Morgan fingerprint density at radius 2 is 1.69 bits per heavy atom. The van der Waals surface area contributed by atoms with Gasteiger partial charge in [-0.1, -0.05) is 43.2 Å². The van der Waals surface area contributed by atoms with Crippen LogP contribution in [0.3, 0.4) is 0 Å². The highest BCUT2D eigenvalue weighted by molar-refractivity contribution is 5.79. The minimum atomic E-state index is -0.782. The average molecular weight is 447 g/mol. The molecule has 0 saturated heterocycles. The van der Waals surface area contributed by atoms with Gasteiger partial charge in [-0.2, -0.15) is 0 Å². The molecule has 0 unspecified atom stereocenters. The van der Waals surface area contributed by atoms with Gasteiger partial charge in [-0.05, 0) is 78.7 Å². The summed E-state index contributed by atoms with van der Waals surface area (Å²) < 4.78 is 5.43. The van der Waals surface area contributed by atoms with E-state index in [1.54, 1.807) is 0 Å². The molecule has 0 heterocycles. The van der Waals surface area contributed by atoms with Gasteiger partial charge in [0.15, 0.2) is 0 Å². The second kappa shape index (κ2) is 11.2. The minimum absolute atomic E-state index is 0.0640. The maximum absolute atomic E-state index is 12.9. The molecular formula is C26H42N2O4. The van der Waals surface area contributed by atoms with E-state index < -0.39 is 23.8 Å². The summed E-state index contributed by atoms with van der Waals surface area (Å²) in [5.41, 5.74) is 0.121. The van der Waals surface area contributed by atoms with Crippen molar-refractivity contribution < 1.29 is 19.4 Å². The van der Waals surface area contributed by atoms with Crippen molar-refractivity contribution in [2.75, 3.05) is 0 Å². The van der Waals surface area contributed by atoms with E-state index in [-0.39, 0.29) is 23.3 Å². The van der Waals surface area contributed by atoms with Crippen LogP contribution in [0.1, 0.15) is 79.2 Å². The molecule has 3 N–H and O–H groups in total. The van der Waals surface area contributed by atoms with Crippen LogP contribution in [-0.2, 0) is 16.0 Å². The second-order valence-electron chi connectivity index (χ2n) is 11.1. The number of hydrogen-bond donors (Lipinski definition) is 3. The molecule has 2 amide bonds. The van der Waals surface area contributed by atoms with E-state index in [9.17, 15) is 14.7 Å². The highest BCUT2D eigenvalue weighted by atomic mass is 16.6. The number of carbonyl (C=O) groups excluding carboxylic acids is 2. The van der Waals surface area contributed by atoms with Crippen LogP contribution in [-0.4, -0.2) is 40.4 Å². The Labute approximate surface area is 193 Å². The standard InChI is InChI=1S/C26H42N2O4/c1-25(2,3)28-23(30)20-15-11-10-14-19(20)17-22(29)21(16-18-12-8-7-9-13-18)27-24(31)32-26(4,5)6/h7-9,12-13,19-22,29H,10-11,14-17H2,1-6H3,(H,27,31)(H,28,30)/t19-,20-,21+,22-/m1/s1. The summed E-state index contributed by atoms with van der Waals surface area (Å²) in [6.45, 7) is 11.4. The van der Waals surface area contributed by atoms with Gasteiger partial charge in [0, 0.05) is 11.5 Å². The van der Waals surface area contributed by atoms with E-state index in [2.05, 4.69) is 10.6 Å². The fourth-order valence-corrected chi connectivity index (χ4v) is 4.38. The molecule has 6 heteroatoms. The highest BCUT2D eigenvalue weighted by Gasteiger charge is 2.36. The summed E-state index contributed by atoms with van der Waals surface area (Å²) in [6.07, 6.45) is 3.46. The van der Waals surface area contributed by atoms with Crippen LogP contribution in [0.2, 0.25) is 0 Å². The summed E-state index contributed by atoms with van der Waals surface area (Å²) >= 11 is 0. The molecule has 1 aliphatic rings. The van der Waals surface area contributed by atoms with Crippen molar-refractivity contribution in [2.24, 2.45) is 11.8 Å². The average Bonchev–Trinajstić information content (AvgIpc) is 2.66. The van der Waals surface area contributed by atoms with E-state index in [1.807, 2.05) is 71.9 Å². The first-order valence-electron chi connectivity index (χ1n) is 11.9. The van der Waals surface area contributed by atoms with Crippen molar-refractivity contribution in [2.45, 2.75) is 103 Å². The zero-order valence-corrected chi connectivity index (χ0v) is 20.6. The number of amides is 2. The van der Waals surface area contributed by atoms with Gasteiger partial charge in [0.1, 0.15) is 5.60 Å². The Morgan fingerprint density at radius 1 is 1.06 bits per heavy atom. The van der Waals surface area contributed by atoms with Crippen molar-refractivity contribution in [3.05, 3.63) is 35.9 Å². The van der Waals surface area contributed by atoms with Crippen molar-refractivity contribution in [1.29, 1.82) is 0 Å². The molecule has 1 aromatic carbocycles. The molecule has 0 bridgehead atoms. The first-order valence-corrected chi connectivity index (χ1v) is 11.9. The molecule has 6 nitrogen and oxygen atoms in total. The van der Waals surface area contributed by atoms with Gasteiger partial charge >= 0.3 is 6.09 Å². The van der Waals surface area contributed by atoms with Crippen LogP contribution in [0.15, 0.2) is 30.3 Å². The smallest absolute Gasteiger partial charge is 0.407 e. The third kappa shape index (κ3) is 9.19. The maximum Gasteiger partial charge on any atom is 0.407 e. The SMILES string of the molecule is CC(C)(C)NC(=O)[C@@H]1CCCC[C@@H]1C[C@@H](O)[C@H](Cc1ccccc1)NC(=O)OC(C)(C)C. The minimum Gasteiger partial charge on any atom is -0.444 e. The molecule has 2 rings (SSSR count). The monoisotopic (exact) mass is 446 g/mol. The van der Waals surface area contributed by atoms with Crippen LogP contribution in [0.4, 0.5) is 4.79 Å². The van der Waals surface area contributed by atoms with Gasteiger partial charge in [0.2, 0.25) is 5.91 Å². The third-order valence-corrected chi connectivity index (χ3v) is 5.75. The lowest BCUT2D eigenvalue weighted by molar-refractivity contribution is -0.129. The van der Waals surface area contributed by atoms with Crippen LogP contribution in [0.25, 0.3) is 0 Å². The molecule has 0 aliphatic heterocycles. The topological polar surface area (TPSA) is 87.7 Å². The lowest BCUT2D eigenvalue weighted by Gasteiger charge is -2.36. The van der Waals surface area contributed by atoms with Crippen molar-refractivity contribution in [3.8, 4) is 0 Å². The predicted octanol–water partition coefficient (Wildman–Crippen LogP) is 4.59. The Balaban J connectivity index is 2.12. The van der Waals surface area contributed by atoms with Crippen molar-refractivity contribution >= 4 is 12.0 Å². The van der Waals surface area contributed by atoms with Crippen LogP contribution < -0.4 is 10.6 Å². The molecule has 0 radical (unpaired) electrons. The Kier molecular flexibility index (Phi) is 9.14. The lowest BCUT2D eigenvalue weighted by Crippen LogP contribution is -2.49. The van der Waals surface area contributed by atoms with Crippen LogP contribution in [0.5, 0.6) is 0 Å². The molecule has 180 valence electrons. The van der Waals surface area contributed by atoms with E-state index >= 15 is 0 Å². The van der Waals surface area contributed by atoms with Gasteiger partial charge in [0.05, 0.1) is 12.1 Å². The summed E-state index contributed by atoms with van der Waals surface area (Å²) in [5, 5.41) is 17.2.